The number of anilines is 1. The Morgan fingerprint density at radius 3 is 2.47 bits per heavy atom. The van der Waals surface area contributed by atoms with Crippen LogP contribution in [-0.2, 0) is 11.3 Å². The molecule has 3 aliphatic rings. The number of carbonyl (C=O) groups is 1. The molecule has 2 saturated heterocycles. The van der Waals surface area contributed by atoms with Gasteiger partial charge in [0.15, 0.2) is 0 Å². The van der Waals surface area contributed by atoms with Crippen molar-refractivity contribution in [1.29, 1.82) is 0 Å². The number of hydrogen-bond acceptors (Lipinski definition) is 6. The van der Waals surface area contributed by atoms with Crippen molar-refractivity contribution in [2.75, 3.05) is 64.9 Å². The van der Waals surface area contributed by atoms with E-state index in [9.17, 15) is 14.4 Å². The molecule has 1 aromatic rings. The summed E-state index contributed by atoms with van der Waals surface area (Å²) in [5, 5.41) is 9.25. The second-order valence-electron chi connectivity index (χ2n) is 9.06. The zero-order valence-electron chi connectivity index (χ0n) is 18.8. The highest BCUT2D eigenvalue weighted by molar-refractivity contribution is 5.79. The van der Waals surface area contributed by atoms with E-state index in [-0.39, 0.29) is 17.6 Å². The fourth-order valence-electron chi connectivity index (χ4n) is 4.76. The first kappa shape index (κ1) is 22.8. The van der Waals surface area contributed by atoms with Crippen molar-refractivity contribution in [2.45, 2.75) is 19.4 Å². The number of benzene rings is 1. The normalized spacial score (nSPS) is 21.0. The number of amides is 1. The van der Waals surface area contributed by atoms with Gasteiger partial charge in [0, 0.05) is 64.3 Å². The van der Waals surface area contributed by atoms with Crippen LogP contribution in [0.1, 0.15) is 18.4 Å². The molecule has 8 heteroatoms. The molecular weight excluding hydrogens is 409 g/mol. The highest BCUT2D eigenvalue weighted by Crippen LogP contribution is 2.24. The number of hydrogen-bond donors (Lipinski definition) is 2. The number of piperazine rings is 1. The number of piperidine rings is 1. The molecule has 7 nitrogen and oxygen atoms in total. The summed E-state index contributed by atoms with van der Waals surface area (Å²) in [5.41, 5.74) is 4.29. The third-order valence-corrected chi connectivity index (χ3v) is 6.83. The van der Waals surface area contributed by atoms with E-state index in [2.05, 4.69) is 45.6 Å². The van der Waals surface area contributed by atoms with Crippen molar-refractivity contribution in [3.63, 3.8) is 0 Å². The minimum atomic E-state index is -0.333. The molecule has 0 saturated carbocycles. The number of likely N-dealkylation sites (N-methyl/N-ethyl adjacent to an activating group) is 1. The Labute approximate surface area is 189 Å². The van der Waals surface area contributed by atoms with Crippen molar-refractivity contribution in [1.82, 2.24) is 19.6 Å². The SMILES string of the molecule is CN1C=CC(CN2CCC(C(=O)N3CCN(Cc4c(F)cccc4NO)CC3)CC2)=CC1. The fraction of sp³-hybridized carbons (Fsp3) is 0.542. The van der Waals surface area contributed by atoms with Gasteiger partial charge in [0.05, 0.1) is 5.69 Å². The summed E-state index contributed by atoms with van der Waals surface area (Å²) in [7, 11) is 2.07. The van der Waals surface area contributed by atoms with Gasteiger partial charge in [-0.15, -0.1) is 0 Å². The maximum Gasteiger partial charge on any atom is 0.225 e. The van der Waals surface area contributed by atoms with Gasteiger partial charge in [-0.3, -0.25) is 25.3 Å². The van der Waals surface area contributed by atoms with Crippen molar-refractivity contribution < 1.29 is 14.4 Å². The predicted octanol–water partition coefficient (Wildman–Crippen LogP) is 2.37. The highest BCUT2D eigenvalue weighted by Gasteiger charge is 2.30. The number of nitrogens with zero attached hydrogens (tertiary/aromatic N) is 4. The largest absolute Gasteiger partial charge is 0.377 e. The summed E-state index contributed by atoms with van der Waals surface area (Å²) in [6.07, 6.45) is 8.41. The molecule has 174 valence electrons. The first-order chi connectivity index (χ1) is 15.5. The number of nitrogens with one attached hydrogen (secondary N) is 1. The summed E-state index contributed by atoms with van der Waals surface area (Å²) >= 11 is 0. The Bertz CT molecular complexity index is 858. The summed E-state index contributed by atoms with van der Waals surface area (Å²) in [6, 6.07) is 4.63. The van der Waals surface area contributed by atoms with Crippen LogP contribution in [0.5, 0.6) is 0 Å². The minimum Gasteiger partial charge on any atom is -0.377 e. The van der Waals surface area contributed by atoms with Gasteiger partial charge < -0.3 is 9.80 Å². The van der Waals surface area contributed by atoms with E-state index in [1.54, 1.807) is 12.1 Å². The van der Waals surface area contributed by atoms with Crippen molar-refractivity contribution in [2.24, 2.45) is 5.92 Å². The van der Waals surface area contributed by atoms with Crippen LogP contribution in [0.4, 0.5) is 10.1 Å². The van der Waals surface area contributed by atoms with E-state index < -0.39 is 0 Å². The lowest BCUT2D eigenvalue weighted by molar-refractivity contribution is -0.138. The molecule has 2 fully saturated rings. The molecule has 0 radical (unpaired) electrons. The van der Waals surface area contributed by atoms with Gasteiger partial charge in [-0.2, -0.15) is 0 Å². The third kappa shape index (κ3) is 5.49. The summed E-state index contributed by atoms with van der Waals surface area (Å²) in [6.45, 7) is 7.00. The van der Waals surface area contributed by atoms with E-state index in [0.29, 0.717) is 44.0 Å². The Morgan fingerprint density at radius 1 is 1.09 bits per heavy atom. The predicted molar refractivity (Wildman–Crippen MR) is 123 cm³/mol. The number of likely N-dealkylation sites (tertiary alicyclic amines) is 1. The lowest BCUT2D eigenvalue weighted by Crippen LogP contribution is -2.51. The number of rotatable bonds is 6. The monoisotopic (exact) mass is 443 g/mol. The van der Waals surface area contributed by atoms with Crippen molar-refractivity contribution in [3.05, 3.63) is 53.5 Å². The average molecular weight is 444 g/mol. The quantitative estimate of drug-likeness (QED) is 0.659. The standard InChI is InChI=1S/C24H34FN5O2/c1-27-9-5-19(6-10-27)17-28-11-7-20(8-12-28)24(31)30-15-13-29(14-16-30)18-21-22(25)3-2-4-23(21)26-32/h2-6,9,20,26,32H,7-8,10-18H2,1H3. The molecule has 2 N–H and O–H groups in total. The molecule has 1 amide bonds. The maximum atomic E-state index is 14.2. The average Bonchev–Trinajstić information content (AvgIpc) is 2.82. The van der Waals surface area contributed by atoms with E-state index in [1.807, 2.05) is 4.90 Å². The second kappa shape index (κ2) is 10.5. The first-order valence-electron chi connectivity index (χ1n) is 11.5. The van der Waals surface area contributed by atoms with Crippen molar-refractivity contribution in [3.8, 4) is 0 Å². The Morgan fingerprint density at radius 2 is 1.81 bits per heavy atom. The summed E-state index contributed by atoms with van der Waals surface area (Å²) in [4.78, 5) is 21.8. The van der Waals surface area contributed by atoms with Crippen LogP contribution >= 0.6 is 0 Å². The maximum absolute atomic E-state index is 14.2. The molecule has 32 heavy (non-hydrogen) atoms. The van der Waals surface area contributed by atoms with Gasteiger partial charge in [0.2, 0.25) is 5.91 Å². The summed E-state index contributed by atoms with van der Waals surface area (Å²) in [5.74, 6) is 0.0451. The molecular formula is C24H34FN5O2. The number of carbonyl (C=O) groups excluding carboxylic acids is 1. The van der Waals surface area contributed by atoms with E-state index >= 15 is 0 Å². The van der Waals surface area contributed by atoms with E-state index in [0.717, 1.165) is 39.0 Å². The van der Waals surface area contributed by atoms with Crippen molar-refractivity contribution >= 4 is 11.6 Å². The molecule has 0 spiro atoms. The van der Waals surface area contributed by atoms with Crippen LogP contribution < -0.4 is 5.48 Å². The highest BCUT2D eigenvalue weighted by atomic mass is 19.1. The van der Waals surface area contributed by atoms with E-state index in [1.165, 1.54) is 11.6 Å². The summed E-state index contributed by atoms with van der Waals surface area (Å²) < 4.78 is 14.2. The fourth-order valence-corrected chi connectivity index (χ4v) is 4.76. The van der Waals surface area contributed by atoms with Gasteiger partial charge in [-0.05, 0) is 55.9 Å². The van der Waals surface area contributed by atoms with Gasteiger partial charge >= 0.3 is 0 Å². The zero-order valence-corrected chi connectivity index (χ0v) is 18.8. The number of halogens is 1. The zero-order chi connectivity index (χ0) is 22.5. The van der Waals surface area contributed by atoms with Crippen LogP contribution in [0.15, 0.2) is 42.1 Å². The van der Waals surface area contributed by atoms with Crippen LogP contribution in [0.3, 0.4) is 0 Å². The Hall–Kier alpha value is -2.42. The third-order valence-electron chi connectivity index (χ3n) is 6.83. The smallest absolute Gasteiger partial charge is 0.225 e. The molecule has 0 aliphatic carbocycles. The van der Waals surface area contributed by atoms with Gasteiger partial charge in [-0.1, -0.05) is 12.1 Å². The molecule has 0 bridgehead atoms. The lowest BCUT2D eigenvalue weighted by Gasteiger charge is -2.39. The van der Waals surface area contributed by atoms with E-state index in [4.69, 9.17) is 0 Å². The Balaban J connectivity index is 1.22. The van der Waals surface area contributed by atoms with Crippen LogP contribution in [-0.4, -0.2) is 90.1 Å². The van der Waals surface area contributed by atoms with Crippen LogP contribution in [0.25, 0.3) is 0 Å². The van der Waals surface area contributed by atoms with Gasteiger partial charge in [0.25, 0.3) is 0 Å². The van der Waals surface area contributed by atoms with Crippen LogP contribution in [0, 0.1) is 11.7 Å². The molecule has 0 atom stereocenters. The minimum absolute atomic E-state index is 0.108. The van der Waals surface area contributed by atoms with Crippen LogP contribution in [0.2, 0.25) is 0 Å². The van der Waals surface area contributed by atoms with Gasteiger partial charge in [0.1, 0.15) is 5.82 Å². The molecule has 3 aliphatic heterocycles. The topological polar surface area (TPSA) is 62.3 Å². The molecule has 3 heterocycles. The lowest BCUT2D eigenvalue weighted by atomic mass is 9.94. The second-order valence-corrected chi connectivity index (χ2v) is 9.06. The molecule has 4 rings (SSSR count). The van der Waals surface area contributed by atoms with Gasteiger partial charge in [-0.25, -0.2) is 4.39 Å². The molecule has 0 aromatic heterocycles. The Kier molecular flexibility index (Phi) is 7.44. The molecule has 1 aromatic carbocycles. The first-order valence-corrected chi connectivity index (χ1v) is 11.5. The molecule has 0 unspecified atom stereocenters.